The Bertz CT molecular complexity index is 475. The monoisotopic (exact) mass is 267 g/mol. The van der Waals surface area contributed by atoms with Crippen LogP contribution >= 0.6 is 11.6 Å². The van der Waals surface area contributed by atoms with Crippen LogP contribution < -0.4 is 4.90 Å². The molecular formula is C13H14ClNO3. The standard InChI is InChI=1S/C13H14ClNO3/c1-2-18-13(17)11-6-7-12(16)15(11)10-5-3-4-9(14)8-10/h3-5,8,11H,2,6-7H2,1H3. The van der Waals surface area contributed by atoms with Gasteiger partial charge < -0.3 is 4.74 Å². The van der Waals surface area contributed by atoms with Gasteiger partial charge in [0, 0.05) is 17.1 Å². The molecular weight excluding hydrogens is 254 g/mol. The second-order valence-electron chi connectivity index (χ2n) is 4.05. The van der Waals surface area contributed by atoms with Gasteiger partial charge in [-0.3, -0.25) is 9.69 Å². The van der Waals surface area contributed by atoms with Crippen molar-refractivity contribution in [3.8, 4) is 0 Å². The molecule has 0 bridgehead atoms. The number of esters is 1. The van der Waals surface area contributed by atoms with Gasteiger partial charge in [-0.1, -0.05) is 17.7 Å². The van der Waals surface area contributed by atoms with E-state index in [4.69, 9.17) is 16.3 Å². The third-order valence-corrected chi connectivity index (χ3v) is 3.09. The summed E-state index contributed by atoms with van der Waals surface area (Å²) in [6, 6.07) is 6.39. The average Bonchev–Trinajstić information content (AvgIpc) is 2.71. The molecule has 96 valence electrons. The summed E-state index contributed by atoms with van der Waals surface area (Å²) >= 11 is 5.91. The van der Waals surface area contributed by atoms with E-state index in [1.165, 1.54) is 4.90 Å². The van der Waals surface area contributed by atoms with E-state index >= 15 is 0 Å². The van der Waals surface area contributed by atoms with Crippen LogP contribution in [0.1, 0.15) is 19.8 Å². The smallest absolute Gasteiger partial charge is 0.329 e. The molecule has 1 fully saturated rings. The minimum atomic E-state index is -0.532. The third-order valence-electron chi connectivity index (χ3n) is 2.86. The first-order valence-electron chi connectivity index (χ1n) is 5.87. The molecule has 0 aromatic heterocycles. The van der Waals surface area contributed by atoms with Gasteiger partial charge in [0.05, 0.1) is 6.61 Å². The molecule has 0 N–H and O–H groups in total. The predicted octanol–water partition coefficient (Wildman–Crippen LogP) is 2.40. The zero-order chi connectivity index (χ0) is 13.1. The molecule has 0 aliphatic carbocycles. The van der Waals surface area contributed by atoms with Crippen LogP contribution in [0.15, 0.2) is 24.3 Å². The summed E-state index contributed by atoms with van der Waals surface area (Å²) in [5, 5.41) is 0.537. The highest BCUT2D eigenvalue weighted by molar-refractivity contribution is 6.31. The second kappa shape index (κ2) is 5.40. The van der Waals surface area contributed by atoms with E-state index in [0.717, 1.165) is 0 Å². The second-order valence-corrected chi connectivity index (χ2v) is 4.49. The summed E-state index contributed by atoms with van der Waals surface area (Å²) in [6.07, 6.45) is 0.847. The van der Waals surface area contributed by atoms with Gasteiger partial charge in [-0.2, -0.15) is 0 Å². The number of ether oxygens (including phenoxy) is 1. The molecule has 18 heavy (non-hydrogen) atoms. The van der Waals surface area contributed by atoms with Crippen molar-refractivity contribution in [2.45, 2.75) is 25.8 Å². The molecule has 2 rings (SSSR count). The van der Waals surface area contributed by atoms with Crippen molar-refractivity contribution >= 4 is 29.2 Å². The number of hydrogen-bond donors (Lipinski definition) is 0. The Morgan fingerprint density at radius 3 is 3.00 bits per heavy atom. The largest absolute Gasteiger partial charge is 0.464 e. The molecule has 0 radical (unpaired) electrons. The van der Waals surface area contributed by atoms with Crippen LogP contribution in [-0.2, 0) is 14.3 Å². The van der Waals surface area contributed by atoms with E-state index in [9.17, 15) is 9.59 Å². The molecule has 1 aromatic rings. The predicted molar refractivity (Wildman–Crippen MR) is 68.6 cm³/mol. The van der Waals surface area contributed by atoms with Crippen molar-refractivity contribution in [3.63, 3.8) is 0 Å². The number of halogens is 1. The zero-order valence-electron chi connectivity index (χ0n) is 10.1. The van der Waals surface area contributed by atoms with Crippen LogP contribution in [-0.4, -0.2) is 24.5 Å². The quantitative estimate of drug-likeness (QED) is 0.790. The number of nitrogens with zero attached hydrogens (tertiary/aromatic N) is 1. The van der Waals surface area contributed by atoms with Crippen LogP contribution in [0, 0.1) is 0 Å². The fourth-order valence-electron chi connectivity index (χ4n) is 2.10. The van der Waals surface area contributed by atoms with Crippen molar-refractivity contribution < 1.29 is 14.3 Å². The van der Waals surface area contributed by atoms with Crippen LogP contribution in [0.3, 0.4) is 0 Å². The number of amides is 1. The SMILES string of the molecule is CCOC(=O)C1CCC(=O)N1c1cccc(Cl)c1. The molecule has 0 saturated carbocycles. The maximum atomic E-state index is 11.9. The summed E-state index contributed by atoms with van der Waals surface area (Å²) in [4.78, 5) is 25.2. The molecule has 1 amide bonds. The molecule has 1 aliphatic heterocycles. The molecule has 1 aliphatic rings. The van der Waals surface area contributed by atoms with Gasteiger partial charge >= 0.3 is 5.97 Å². The first-order valence-corrected chi connectivity index (χ1v) is 6.25. The van der Waals surface area contributed by atoms with Crippen molar-refractivity contribution in [1.82, 2.24) is 0 Å². The molecule has 1 saturated heterocycles. The lowest BCUT2D eigenvalue weighted by Crippen LogP contribution is -2.39. The van der Waals surface area contributed by atoms with E-state index in [2.05, 4.69) is 0 Å². The van der Waals surface area contributed by atoms with Crippen LogP contribution in [0.2, 0.25) is 5.02 Å². The summed E-state index contributed by atoms with van der Waals surface area (Å²) in [7, 11) is 0. The summed E-state index contributed by atoms with van der Waals surface area (Å²) in [5.74, 6) is -0.432. The third kappa shape index (κ3) is 2.48. The molecule has 4 nitrogen and oxygen atoms in total. The first kappa shape index (κ1) is 12.9. The Hall–Kier alpha value is -1.55. The lowest BCUT2D eigenvalue weighted by Gasteiger charge is -2.23. The number of carbonyl (C=O) groups is 2. The summed E-state index contributed by atoms with van der Waals surface area (Å²) in [5.41, 5.74) is 0.642. The molecule has 1 unspecified atom stereocenters. The highest BCUT2D eigenvalue weighted by Gasteiger charge is 2.38. The molecule has 5 heteroatoms. The molecule has 1 aromatic carbocycles. The van der Waals surface area contributed by atoms with Crippen molar-refractivity contribution in [3.05, 3.63) is 29.3 Å². The Balaban J connectivity index is 2.28. The van der Waals surface area contributed by atoms with E-state index in [0.29, 0.717) is 30.2 Å². The van der Waals surface area contributed by atoms with Gasteiger partial charge in [0.2, 0.25) is 5.91 Å². The lowest BCUT2D eigenvalue weighted by atomic mass is 10.2. The van der Waals surface area contributed by atoms with Gasteiger partial charge in [-0.05, 0) is 31.5 Å². The average molecular weight is 268 g/mol. The number of hydrogen-bond acceptors (Lipinski definition) is 3. The maximum Gasteiger partial charge on any atom is 0.329 e. The van der Waals surface area contributed by atoms with Crippen LogP contribution in [0.4, 0.5) is 5.69 Å². The normalized spacial score (nSPS) is 19.1. The van der Waals surface area contributed by atoms with Crippen LogP contribution in [0.25, 0.3) is 0 Å². The Morgan fingerprint density at radius 2 is 2.33 bits per heavy atom. The maximum absolute atomic E-state index is 11.9. The van der Waals surface area contributed by atoms with E-state index in [-0.39, 0.29) is 11.9 Å². The van der Waals surface area contributed by atoms with E-state index in [1.54, 1.807) is 31.2 Å². The zero-order valence-corrected chi connectivity index (χ0v) is 10.8. The van der Waals surface area contributed by atoms with Crippen LogP contribution in [0.5, 0.6) is 0 Å². The van der Waals surface area contributed by atoms with Gasteiger partial charge in [0.1, 0.15) is 6.04 Å². The van der Waals surface area contributed by atoms with E-state index < -0.39 is 6.04 Å². The molecule has 0 spiro atoms. The van der Waals surface area contributed by atoms with Gasteiger partial charge in [-0.15, -0.1) is 0 Å². The number of benzene rings is 1. The lowest BCUT2D eigenvalue weighted by molar-refractivity contribution is -0.144. The van der Waals surface area contributed by atoms with Gasteiger partial charge in [0.15, 0.2) is 0 Å². The van der Waals surface area contributed by atoms with Gasteiger partial charge in [-0.25, -0.2) is 4.79 Å². The first-order chi connectivity index (χ1) is 8.63. The Kier molecular flexibility index (Phi) is 3.87. The highest BCUT2D eigenvalue weighted by atomic mass is 35.5. The molecule has 1 atom stereocenters. The summed E-state index contributed by atoms with van der Waals surface area (Å²) < 4.78 is 4.99. The Labute approximate surface area is 110 Å². The summed E-state index contributed by atoms with van der Waals surface area (Å²) in [6.45, 7) is 2.06. The molecule has 1 heterocycles. The van der Waals surface area contributed by atoms with Crippen molar-refractivity contribution in [2.24, 2.45) is 0 Å². The topological polar surface area (TPSA) is 46.6 Å². The van der Waals surface area contributed by atoms with Crippen molar-refractivity contribution in [1.29, 1.82) is 0 Å². The fraction of sp³-hybridized carbons (Fsp3) is 0.385. The van der Waals surface area contributed by atoms with Gasteiger partial charge in [0.25, 0.3) is 0 Å². The minimum Gasteiger partial charge on any atom is -0.464 e. The number of anilines is 1. The van der Waals surface area contributed by atoms with Crippen molar-refractivity contribution in [2.75, 3.05) is 11.5 Å². The fourth-order valence-corrected chi connectivity index (χ4v) is 2.28. The minimum absolute atomic E-state index is 0.0738. The number of carbonyl (C=O) groups excluding carboxylic acids is 2. The Morgan fingerprint density at radius 1 is 1.56 bits per heavy atom. The van der Waals surface area contributed by atoms with E-state index in [1.807, 2.05) is 0 Å². The number of rotatable bonds is 3. The highest BCUT2D eigenvalue weighted by Crippen LogP contribution is 2.29.